The number of para-hydroxylation sites is 1. The zero-order valence-corrected chi connectivity index (χ0v) is 61.0. The van der Waals surface area contributed by atoms with Gasteiger partial charge in [0.1, 0.15) is 66.5 Å². The summed E-state index contributed by atoms with van der Waals surface area (Å²) >= 11 is 8.11. The quantitative estimate of drug-likeness (QED) is 0.0156. The summed E-state index contributed by atoms with van der Waals surface area (Å²) in [5, 5.41) is 58.6. The molecule has 6 rings (SSSR count). The third-order valence-corrected chi connectivity index (χ3v) is 18.4. The topological polar surface area (TPSA) is 500 Å². The van der Waals surface area contributed by atoms with Crippen LogP contribution in [0.4, 0.5) is 0 Å². The number of carbonyl (C=O) groups is 13. The molecule has 20 N–H and O–H groups in total. The molecule has 2 heterocycles. The highest BCUT2D eigenvalue weighted by Crippen LogP contribution is 2.23. The number of rotatable bonds is 44. The predicted molar refractivity (Wildman–Crippen MR) is 399 cm³/mol. The van der Waals surface area contributed by atoms with Crippen LogP contribution in [0.1, 0.15) is 100 Å². The van der Waals surface area contributed by atoms with E-state index in [1.807, 2.05) is 0 Å². The number of nitrogens with two attached hydrogens (primary N) is 3. The number of aliphatic carboxylic acids is 1. The summed E-state index contributed by atoms with van der Waals surface area (Å²) < 4.78 is 0. The number of unbranched alkanes of at least 4 members (excludes halogenated alkanes) is 2. The molecule has 0 unspecified atom stereocenters. The van der Waals surface area contributed by atoms with Crippen LogP contribution in [-0.4, -0.2) is 212 Å². The van der Waals surface area contributed by atoms with Crippen LogP contribution in [0.2, 0.25) is 0 Å². The number of nitrogens with one attached hydrogen (secondary N) is 11. The Kier molecular flexibility index (Phi) is 34.9. The number of nitrogens with zero attached hydrogens (tertiary/aromatic N) is 1. The van der Waals surface area contributed by atoms with Crippen LogP contribution in [-0.2, 0) is 88.0 Å². The van der Waals surface area contributed by atoms with Gasteiger partial charge in [-0.05, 0) is 112 Å². The largest absolute Gasteiger partial charge is 0.480 e. The zero-order valence-electron chi connectivity index (χ0n) is 59.2. The maximum atomic E-state index is 15.3. The summed E-state index contributed by atoms with van der Waals surface area (Å²) in [4.78, 5) is 187. The molecule has 106 heavy (non-hydrogen) atoms. The van der Waals surface area contributed by atoms with Gasteiger partial charge < -0.3 is 95.6 Å². The minimum atomic E-state index is -1.85. The summed E-state index contributed by atoms with van der Waals surface area (Å²) in [6, 6.07) is 15.7. The van der Waals surface area contributed by atoms with E-state index in [0.717, 1.165) is 4.90 Å². The molecule has 1 aliphatic heterocycles. The van der Waals surface area contributed by atoms with Gasteiger partial charge in [-0.25, -0.2) is 4.79 Å². The second kappa shape index (κ2) is 43.5. The van der Waals surface area contributed by atoms with Crippen molar-refractivity contribution >= 4 is 113 Å². The molecule has 4 aromatic carbocycles. The molecule has 13 atom stereocenters. The van der Waals surface area contributed by atoms with Crippen molar-refractivity contribution in [2.45, 2.75) is 182 Å². The molecule has 1 aliphatic rings. The number of likely N-dealkylation sites (tertiary alicyclic amines) is 1. The van der Waals surface area contributed by atoms with Gasteiger partial charge in [0, 0.05) is 61.5 Å². The second-order valence-electron chi connectivity index (χ2n) is 26.1. The first kappa shape index (κ1) is 85.0. The first-order valence-electron chi connectivity index (χ1n) is 35.2. The molecule has 31 nitrogen and oxygen atoms in total. The molecule has 0 bridgehead atoms. The third-order valence-electron chi connectivity index (χ3n) is 17.8. The van der Waals surface area contributed by atoms with Crippen LogP contribution in [0.3, 0.4) is 0 Å². The van der Waals surface area contributed by atoms with Crippen molar-refractivity contribution in [3.05, 3.63) is 144 Å². The number of primary amides is 1. The highest BCUT2D eigenvalue weighted by Gasteiger charge is 2.42. The lowest BCUT2D eigenvalue weighted by atomic mass is 10.00. The average molecular weight is 1510 g/mol. The number of hydrogen-bond donors (Lipinski definition) is 19. The molecule has 33 heteroatoms. The van der Waals surface area contributed by atoms with Crippen LogP contribution in [0.15, 0.2) is 121 Å². The summed E-state index contributed by atoms with van der Waals surface area (Å²) in [6.45, 7) is 2.87. The normalized spacial score (nSPS) is 16.0. The molecular formula is C73H99N15O16S2. The van der Waals surface area contributed by atoms with Gasteiger partial charge in [0.05, 0.1) is 18.6 Å². The minimum Gasteiger partial charge on any atom is -0.480 e. The maximum Gasteiger partial charge on any atom is 0.327 e. The molecule has 1 fully saturated rings. The van der Waals surface area contributed by atoms with Gasteiger partial charge in [0.25, 0.3) is 0 Å². The monoisotopic (exact) mass is 1510 g/mol. The number of benzene rings is 4. The van der Waals surface area contributed by atoms with Crippen LogP contribution in [0, 0.1) is 0 Å². The van der Waals surface area contributed by atoms with Crippen molar-refractivity contribution in [2.75, 3.05) is 31.1 Å². The fourth-order valence-corrected chi connectivity index (χ4v) is 12.5. The van der Waals surface area contributed by atoms with Crippen molar-refractivity contribution in [3.8, 4) is 0 Å². The number of aliphatic hydroxyl groups is 2. The minimum absolute atomic E-state index is 0.00773. The number of aliphatic hydroxyl groups excluding tert-OH is 2. The number of thiol groups is 2. The Hall–Kier alpha value is -9.93. The number of carbonyl (C=O) groups excluding carboxylic acids is 12. The first-order valence-corrected chi connectivity index (χ1v) is 36.5. The molecule has 1 saturated heterocycles. The van der Waals surface area contributed by atoms with E-state index in [1.54, 1.807) is 121 Å². The Bertz CT molecular complexity index is 3780. The Labute approximate surface area is 625 Å². The van der Waals surface area contributed by atoms with Crippen LogP contribution in [0.5, 0.6) is 0 Å². The van der Waals surface area contributed by atoms with E-state index in [9.17, 15) is 63.3 Å². The van der Waals surface area contributed by atoms with E-state index < -0.39 is 162 Å². The number of aromatic nitrogens is 1. The number of amides is 12. The molecule has 5 aromatic rings. The van der Waals surface area contributed by atoms with Gasteiger partial charge in [0.2, 0.25) is 70.9 Å². The lowest BCUT2D eigenvalue weighted by Gasteiger charge is -2.32. The highest BCUT2D eigenvalue weighted by atomic mass is 32.1. The van der Waals surface area contributed by atoms with E-state index in [2.05, 4.69) is 83.4 Å². The van der Waals surface area contributed by atoms with Gasteiger partial charge in [-0.1, -0.05) is 109 Å². The molecule has 0 saturated carbocycles. The number of aromatic amines is 1. The van der Waals surface area contributed by atoms with Crippen LogP contribution < -0.4 is 70.4 Å². The van der Waals surface area contributed by atoms with Crippen molar-refractivity contribution in [2.24, 2.45) is 17.2 Å². The zero-order chi connectivity index (χ0) is 77.4. The number of H-pyrrole nitrogens is 1. The van der Waals surface area contributed by atoms with E-state index in [1.165, 1.54) is 13.8 Å². The smallest absolute Gasteiger partial charge is 0.327 e. The fraction of sp³-hybridized carbons (Fsp3) is 0.466. The first-order chi connectivity index (χ1) is 50.7. The van der Waals surface area contributed by atoms with Crippen molar-refractivity contribution in [1.29, 1.82) is 0 Å². The third kappa shape index (κ3) is 26.6. The maximum absolute atomic E-state index is 15.3. The number of carboxylic acids is 1. The Morgan fingerprint density at radius 3 is 1.39 bits per heavy atom. The molecule has 0 radical (unpaired) electrons. The second-order valence-corrected chi connectivity index (χ2v) is 26.9. The Morgan fingerprint density at radius 1 is 0.500 bits per heavy atom. The molecule has 574 valence electrons. The van der Waals surface area contributed by atoms with Gasteiger partial charge in [-0.15, -0.1) is 0 Å². The van der Waals surface area contributed by atoms with Gasteiger partial charge >= 0.3 is 5.97 Å². The lowest BCUT2D eigenvalue weighted by molar-refractivity contribution is -0.146. The summed E-state index contributed by atoms with van der Waals surface area (Å²) in [6.07, 6.45) is -1.38. The van der Waals surface area contributed by atoms with E-state index in [4.69, 9.17) is 17.2 Å². The number of carboxylic acid groups (broad SMARTS) is 1. The van der Waals surface area contributed by atoms with E-state index in [0.29, 0.717) is 65.4 Å². The van der Waals surface area contributed by atoms with Crippen LogP contribution in [0.25, 0.3) is 10.9 Å². The highest BCUT2D eigenvalue weighted by molar-refractivity contribution is 7.80. The van der Waals surface area contributed by atoms with Crippen molar-refractivity contribution < 1.29 is 77.6 Å². The molecule has 0 spiro atoms. The predicted octanol–water partition coefficient (Wildman–Crippen LogP) is -1.49. The van der Waals surface area contributed by atoms with E-state index >= 15 is 14.4 Å². The summed E-state index contributed by atoms with van der Waals surface area (Å²) in [5.74, 6) is -12.3. The lowest BCUT2D eigenvalue weighted by Crippen LogP contribution is -2.63. The average Bonchev–Trinajstić information content (AvgIpc) is 1.61. The number of hydrogen-bond acceptors (Lipinski definition) is 19. The fourth-order valence-electron chi connectivity index (χ4n) is 12.1. The molecule has 1 aromatic heterocycles. The van der Waals surface area contributed by atoms with E-state index in [-0.39, 0.29) is 82.4 Å². The SMILES string of the molecule is C[C@@H](O)[C@H](NC(=O)[C@H](CCCCN)NC(=O)[C@@H](Cc1c[nH]c2ccccc12)NC(=O)[C@H](Cc1ccccc1)NC(=O)[C@H](Cc1ccccc1)NC(=O)[C@H](CC(N)=O)NC(=O)[C@H](CCCCN)NC(=O)CCS)C(=O)N[C@@H](Cc1ccccc1)C(=O)N[C@H](C(=O)N1CCC[C@H]1C(=O)N[C@@H](CS)C(=O)O)[C@@H](C)O. The molecule has 0 aliphatic carbocycles. The Morgan fingerprint density at radius 2 is 0.915 bits per heavy atom. The standard InChI is InChI=1S/C73H99N15O16S2/c1-42(89)61(71(101)84-54(37-46-23-10-5-11-24-46)69(99)87-62(43(2)90)72(102)88-33-18-29-58(88)70(100)85-57(41-106)73(103)104)86-64(94)51(28-15-17-32-75)79-67(97)55(38-47-40-77-49-26-13-12-25-48(47)49)82-66(96)53(36-45-21-8-4-9-22-45)80-65(95)52(35-44-19-6-3-7-20-44)81-68(98)56(39-59(76)91)83-63(93)50(27-14-16-31-74)78-60(92)30-34-105/h3-13,19-26,40,42-43,50-58,61-62,77,89-90,105-106H,14-18,27-39,41,74-75H2,1-2H3,(H2,76,91)(H,78,92)(H,79,97)(H,80,95)(H,81,98)(H,82,96)(H,83,93)(H,84,101)(H,85,100)(H,86,94)(H,87,99)(H,103,104)/t42-,43-,50+,51+,52+,53+,54+,55-,56+,57+,58+,61+,62+/m1/s1. The van der Waals surface area contributed by atoms with Crippen molar-refractivity contribution in [1.82, 2.24) is 63.1 Å². The summed E-state index contributed by atoms with van der Waals surface area (Å²) in [5.41, 5.74) is 20.0. The summed E-state index contributed by atoms with van der Waals surface area (Å²) in [7, 11) is 0. The van der Waals surface area contributed by atoms with Gasteiger partial charge in [-0.3, -0.25) is 57.5 Å². The number of fused-ring (bicyclic) bond motifs is 1. The van der Waals surface area contributed by atoms with Gasteiger partial charge in [0.15, 0.2) is 0 Å². The van der Waals surface area contributed by atoms with Crippen LogP contribution >= 0.6 is 25.3 Å². The van der Waals surface area contributed by atoms with Gasteiger partial charge in [-0.2, -0.15) is 25.3 Å². The Balaban J connectivity index is 1.29. The van der Waals surface area contributed by atoms with Crippen molar-refractivity contribution in [3.63, 3.8) is 0 Å². The molecule has 12 amide bonds. The molecular weight excluding hydrogens is 1410 g/mol.